The summed E-state index contributed by atoms with van der Waals surface area (Å²) < 4.78 is 27.2. The van der Waals surface area contributed by atoms with Crippen molar-refractivity contribution in [2.45, 2.75) is 4.90 Å². The summed E-state index contributed by atoms with van der Waals surface area (Å²) >= 11 is 0. The maximum atomic E-state index is 11.0. The Balaban J connectivity index is 2.55. The Bertz CT molecular complexity index is 493. The summed E-state index contributed by atoms with van der Waals surface area (Å²) in [6, 6.07) is 1.38. The average molecular weight is 212 g/mol. The van der Waals surface area contributed by atoms with E-state index in [2.05, 4.69) is 4.98 Å². The first-order valence-electron chi connectivity index (χ1n) is 3.89. The van der Waals surface area contributed by atoms with Crippen LogP contribution in [0.5, 0.6) is 5.75 Å². The van der Waals surface area contributed by atoms with Crippen molar-refractivity contribution >= 4 is 16.1 Å². The van der Waals surface area contributed by atoms with Gasteiger partial charge in [0.2, 0.25) is 10.0 Å². The SMILES string of the molecule is NS(=O)(=O)c1cnc2c(c1)OCC=C2. The second-order valence-electron chi connectivity index (χ2n) is 2.81. The van der Waals surface area contributed by atoms with Gasteiger partial charge in [-0.3, -0.25) is 4.98 Å². The number of rotatable bonds is 1. The third-order valence-electron chi connectivity index (χ3n) is 1.80. The molecule has 0 aromatic carbocycles. The third-order valence-corrected chi connectivity index (χ3v) is 2.68. The van der Waals surface area contributed by atoms with Crippen LogP contribution in [0, 0.1) is 0 Å². The highest BCUT2D eigenvalue weighted by Crippen LogP contribution is 2.23. The van der Waals surface area contributed by atoms with E-state index in [1.54, 1.807) is 12.2 Å². The van der Waals surface area contributed by atoms with Crippen molar-refractivity contribution in [3.05, 3.63) is 24.0 Å². The molecule has 1 aliphatic heterocycles. The van der Waals surface area contributed by atoms with Crippen molar-refractivity contribution in [1.82, 2.24) is 4.98 Å². The molecule has 0 unspecified atom stereocenters. The van der Waals surface area contributed by atoms with Crippen LogP contribution in [0.25, 0.3) is 6.08 Å². The first-order valence-corrected chi connectivity index (χ1v) is 5.44. The van der Waals surface area contributed by atoms with Crippen LogP contribution in [0.2, 0.25) is 0 Å². The molecule has 0 amide bonds. The smallest absolute Gasteiger partial charge is 0.239 e. The van der Waals surface area contributed by atoms with Gasteiger partial charge in [-0.2, -0.15) is 0 Å². The maximum absolute atomic E-state index is 11.0. The van der Waals surface area contributed by atoms with Gasteiger partial charge in [0.1, 0.15) is 22.9 Å². The predicted molar refractivity (Wildman–Crippen MR) is 50.1 cm³/mol. The Morgan fingerprint density at radius 3 is 3.00 bits per heavy atom. The Labute approximate surface area is 81.3 Å². The summed E-state index contributed by atoms with van der Waals surface area (Å²) in [5.74, 6) is 0.444. The highest BCUT2D eigenvalue weighted by molar-refractivity contribution is 7.89. The van der Waals surface area contributed by atoms with Gasteiger partial charge in [0.15, 0.2) is 0 Å². The minimum absolute atomic E-state index is 0.0356. The molecule has 0 spiro atoms. The normalized spacial score (nSPS) is 14.6. The van der Waals surface area contributed by atoms with Crippen LogP contribution in [-0.4, -0.2) is 20.0 Å². The number of nitrogens with zero attached hydrogens (tertiary/aromatic N) is 1. The molecule has 1 aliphatic rings. The van der Waals surface area contributed by atoms with Crippen LogP contribution in [0.4, 0.5) is 0 Å². The van der Waals surface area contributed by atoms with E-state index in [-0.39, 0.29) is 4.90 Å². The Morgan fingerprint density at radius 1 is 1.50 bits per heavy atom. The van der Waals surface area contributed by atoms with E-state index in [0.717, 1.165) is 0 Å². The summed E-state index contributed by atoms with van der Waals surface area (Å²) in [6.45, 7) is 0.419. The average Bonchev–Trinajstić information content (AvgIpc) is 2.16. The molecule has 0 radical (unpaired) electrons. The number of aromatic nitrogens is 1. The highest BCUT2D eigenvalue weighted by Gasteiger charge is 2.13. The monoisotopic (exact) mass is 212 g/mol. The number of ether oxygens (including phenoxy) is 1. The predicted octanol–water partition coefficient (Wildman–Crippen LogP) is 0.135. The molecule has 74 valence electrons. The largest absolute Gasteiger partial charge is 0.487 e. The van der Waals surface area contributed by atoms with E-state index in [1.165, 1.54) is 12.3 Å². The fourth-order valence-corrected chi connectivity index (χ4v) is 1.60. The molecular weight excluding hydrogens is 204 g/mol. The summed E-state index contributed by atoms with van der Waals surface area (Å²) in [4.78, 5) is 3.88. The van der Waals surface area contributed by atoms with Crippen LogP contribution in [0.3, 0.4) is 0 Å². The molecule has 0 saturated heterocycles. The van der Waals surface area contributed by atoms with Gasteiger partial charge in [0, 0.05) is 12.3 Å². The first kappa shape index (κ1) is 9.17. The number of pyridine rings is 1. The van der Waals surface area contributed by atoms with E-state index in [9.17, 15) is 8.42 Å². The molecule has 5 nitrogen and oxygen atoms in total. The van der Waals surface area contributed by atoms with Gasteiger partial charge in [-0.25, -0.2) is 13.6 Å². The van der Waals surface area contributed by atoms with Gasteiger partial charge in [-0.1, -0.05) is 0 Å². The van der Waals surface area contributed by atoms with E-state index in [4.69, 9.17) is 9.88 Å². The number of primary sulfonamides is 1. The molecule has 6 heteroatoms. The summed E-state index contributed by atoms with van der Waals surface area (Å²) in [6.07, 6.45) is 4.78. The standard InChI is InChI=1S/C8H8N2O3S/c9-14(11,12)6-4-8-7(10-5-6)2-1-3-13-8/h1-2,4-5H,3H2,(H2,9,11,12). The quantitative estimate of drug-likeness (QED) is 0.717. The number of fused-ring (bicyclic) bond motifs is 1. The lowest BCUT2D eigenvalue weighted by molar-refractivity contribution is 0.355. The van der Waals surface area contributed by atoms with Gasteiger partial charge in [-0.15, -0.1) is 0 Å². The van der Waals surface area contributed by atoms with Crippen molar-refractivity contribution in [3.63, 3.8) is 0 Å². The second kappa shape index (κ2) is 3.07. The van der Waals surface area contributed by atoms with Gasteiger partial charge in [-0.05, 0) is 12.2 Å². The second-order valence-corrected chi connectivity index (χ2v) is 4.37. The van der Waals surface area contributed by atoms with Crippen molar-refractivity contribution in [2.75, 3.05) is 6.61 Å². The van der Waals surface area contributed by atoms with Gasteiger partial charge < -0.3 is 4.74 Å². The topological polar surface area (TPSA) is 82.3 Å². The van der Waals surface area contributed by atoms with E-state index in [1.807, 2.05) is 0 Å². The van der Waals surface area contributed by atoms with Gasteiger partial charge in [0.25, 0.3) is 0 Å². The van der Waals surface area contributed by atoms with Crippen LogP contribution in [0.1, 0.15) is 5.69 Å². The Hall–Kier alpha value is -1.40. The third kappa shape index (κ3) is 1.61. The zero-order valence-electron chi connectivity index (χ0n) is 7.17. The molecule has 0 bridgehead atoms. The van der Waals surface area contributed by atoms with Gasteiger partial charge >= 0.3 is 0 Å². The fraction of sp³-hybridized carbons (Fsp3) is 0.125. The van der Waals surface area contributed by atoms with E-state index < -0.39 is 10.0 Å². The van der Waals surface area contributed by atoms with Crippen LogP contribution < -0.4 is 9.88 Å². The van der Waals surface area contributed by atoms with Crippen LogP contribution in [0.15, 0.2) is 23.2 Å². The lowest BCUT2D eigenvalue weighted by Crippen LogP contribution is -2.13. The van der Waals surface area contributed by atoms with E-state index in [0.29, 0.717) is 18.1 Å². The minimum Gasteiger partial charge on any atom is -0.487 e. The zero-order valence-corrected chi connectivity index (χ0v) is 7.99. The van der Waals surface area contributed by atoms with E-state index >= 15 is 0 Å². The summed E-state index contributed by atoms with van der Waals surface area (Å²) in [5.41, 5.74) is 0.614. The summed E-state index contributed by atoms with van der Waals surface area (Å²) in [5, 5.41) is 4.95. The molecule has 14 heavy (non-hydrogen) atoms. The molecule has 1 aromatic rings. The van der Waals surface area contributed by atoms with Crippen molar-refractivity contribution in [2.24, 2.45) is 5.14 Å². The molecule has 2 N–H and O–H groups in total. The van der Waals surface area contributed by atoms with Crippen LogP contribution in [-0.2, 0) is 10.0 Å². The van der Waals surface area contributed by atoms with Gasteiger partial charge in [0.05, 0.1) is 0 Å². The van der Waals surface area contributed by atoms with Crippen molar-refractivity contribution < 1.29 is 13.2 Å². The number of hydrogen-bond donors (Lipinski definition) is 1. The van der Waals surface area contributed by atoms with Crippen LogP contribution >= 0.6 is 0 Å². The number of nitrogens with two attached hydrogens (primary N) is 1. The molecular formula is C8H8N2O3S. The highest BCUT2D eigenvalue weighted by atomic mass is 32.2. The lowest BCUT2D eigenvalue weighted by Gasteiger charge is -2.11. The fourth-order valence-electron chi connectivity index (χ4n) is 1.13. The molecule has 0 aliphatic carbocycles. The van der Waals surface area contributed by atoms with Crippen molar-refractivity contribution in [3.8, 4) is 5.75 Å². The molecule has 2 heterocycles. The van der Waals surface area contributed by atoms with Crippen molar-refractivity contribution in [1.29, 1.82) is 0 Å². The lowest BCUT2D eigenvalue weighted by atomic mass is 10.2. The molecule has 2 rings (SSSR count). The molecule has 0 saturated carbocycles. The zero-order chi connectivity index (χ0) is 10.2. The number of hydrogen-bond acceptors (Lipinski definition) is 4. The Morgan fingerprint density at radius 2 is 2.29 bits per heavy atom. The molecule has 0 atom stereocenters. The molecule has 1 aromatic heterocycles. The maximum Gasteiger partial charge on any atom is 0.239 e. The Kier molecular flexibility index (Phi) is 2.01. The first-order chi connectivity index (χ1) is 6.57. The summed E-state index contributed by atoms with van der Waals surface area (Å²) in [7, 11) is -3.70. The molecule has 0 fully saturated rings. The number of sulfonamides is 1. The minimum atomic E-state index is -3.70.